The molecule has 0 amide bonds. The number of methoxy groups -OCH3 is 1. The molecular formula is C21H29FN4O3S. The minimum atomic E-state index is -3.74. The molecule has 0 heterocycles. The highest BCUT2D eigenvalue weighted by Crippen LogP contribution is 2.13. The molecule has 0 aliphatic heterocycles. The molecule has 0 radical (unpaired) electrons. The molecule has 0 fully saturated rings. The summed E-state index contributed by atoms with van der Waals surface area (Å²) in [5.74, 6) is 0.219. The lowest BCUT2D eigenvalue weighted by Crippen LogP contribution is -2.43. The molecule has 2 aromatic rings. The van der Waals surface area contributed by atoms with Gasteiger partial charge in [-0.25, -0.2) is 22.5 Å². The van der Waals surface area contributed by atoms with E-state index >= 15 is 0 Å². The summed E-state index contributed by atoms with van der Waals surface area (Å²) in [6.45, 7) is 5.50. The summed E-state index contributed by atoms with van der Waals surface area (Å²) in [5, 5.41) is 6.38. The van der Waals surface area contributed by atoms with Crippen LogP contribution < -0.4 is 15.4 Å². The maximum Gasteiger partial charge on any atom is 0.240 e. The van der Waals surface area contributed by atoms with Gasteiger partial charge in [-0.3, -0.25) is 0 Å². The largest absolute Gasteiger partial charge is 0.383 e. The van der Waals surface area contributed by atoms with Gasteiger partial charge in [0.15, 0.2) is 5.96 Å². The van der Waals surface area contributed by atoms with Crippen molar-refractivity contribution in [3.8, 4) is 0 Å². The van der Waals surface area contributed by atoms with Crippen molar-refractivity contribution >= 4 is 16.0 Å². The molecule has 2 rings (SSSR count). The van der Waals surface area contributed by atoms with E-state index in [1.807, 2.05) is 19.9 Å². The minimum Gasteiger partial charge on any atom is -0.383 e. The predicted octanol–water partition coefficient (Wildman–Crippen LogP) is 2.39. The Labute approximate surface area is 177 Å². The van der Waals surface area contributed by atoms with Crippen molar-refractivity contribution in [3.05, 3.63) is 65.5 Å². The SMILES string of the molecule is CCNC(=NCc1cccc(S(=O)(=O)NCc2cccc(F)c2)c1)NC(C)COC. The van der Waals surface area contributed by atoms with Crippen LogP contribution in [0, 0.1) is 5.82 Å². The van der Waals surface area contributed by atoms with Crippen LogP contribution in [0.3, 0.4) is 0 Å². The van der Waals surface area contributed by atoms with Gasteiger partial charge in [0.1, 0.15) is 5.82 Å². The van der Waals surface area contributed by atoms with Gasteiger partial charge in [-0.05, 0) is 49.2 Å². The third-order valence-corrected chi connectivity index (χ3v) is 5.53. The van der Waals surface area contributed by atoms with Gasteiger partial charge in [0.25, 0.3) is 0 Å². The van der Waals surface area contributed by atoms with Crippen LogP contribution in [0.2, 0.25) is 0 Å². The normalized spacial score (nSPS) is 13.1. The van der Waals surface area contributed by atoms with Crippen molar-refractivity contribution in [2.45, 2.75) is 37.9 Å². The molecule has 7 nitrogen and oxygen atoms in total. The van der Waals surface area contributed by atoms with Gasteiger partial charge in [-0.2, -0.15) is 0 Å². The van der Waals surface area contributed by atoms with Crippen molar-refractivity contribution in [2.75, 3.05) is 20.3 Å². The van der Waals surface area contributed by atoms with Crippen LogP contribution in [-0.2, 0) is 27.8 Å². The summed E-state index contributed by atoms with van der Waals surface area (Å²) in [5.41, 5.74) is 1.30. The Morgan fingerprint density at radius 2 is 1.90 bits per heavy atom. The van der Waals surface area contributed by atoms with Crippen LogP contribution in [0.15, 0.2) is 58.4 Å². The third-order valence-electron chi connectivity index (χ3n) is 4.13. The number of ether oxygens (including phenoxy) is 1. The Hall–Kier alpha value is -2.49. The van der Waals surface area contributed by atoms with Gasteiger partial charge in [0.05, 0.1) is 18.0 Å². The van der Waals surface area contributed by atoms with Crippen molar-refractivity contribution in [3.63, 3.8) is 0 Å². The highest BCUT2D eigenvalue weighted by molar-refractivity contribution is 7.89. The van der Waals surface area contributed by atoms with E-state index in [9.17, 15) is 12.8 Å². The zero-order valence-corrected chi connectivity index (χ0v) is 18.3. The van der Waals surface area contributed by atoms with Gasteiger partial charge < -0.3 is 15.4 Å². The smallest absolute Gasteiger partial charge is 0.240 e. The maximum atomic E-state index is 13.3. The molecule has 0 saturated carbocycles. The molecule has 1 unspecified atom stereocenters. The van der Waals surface area contributed by atoms with Gasteiger partial charge in [0, 0.05) is 26.2 Å². The molecule has 3 N–H and O–H groups in total. The molecule has 0 aliphatic carbocycles. The van der Waals surface area contributed by atoms with E-state index in [-0.39, 0.29) is 17.5 Å². The number of nitrogens with one attached hydrogen (secondary N) is 3. The molecule has 164 valence electrons. The number of sulfonamides is 1. The molecular weight excluding hydrogens is 407 g/mol. The van der Waals surface area contributed by atoms with Crippen molar-refractivity contribution in [1.82, 2.24) is 15.4 Å². The number of rotatable bonds is 10. The molecule has 0 spiro atoms. The first-order valence-corrected chi connectivity index (χ1v) is 11.2. The first-order valence-electron chi connectivity index (χ1n) is 9.71. The first kappa shape index (κ1) is 23.8. The lowest BCUT2D eigenvalue weighted by atomic mass is 10.2. The van der Waals surface area contributed by atoms with Gasteiger partial charge in [0.2, 0.25) is 10.0 Å². The molecule has 9 heteroatoms. The maximum absolute atomic E-state index is 13.3. The Morgan fingerprint density at radius 1 is 1.17 bits per heavy atom. The van der Waals surface area contributed by atoms with Gasteiger partial charge in [-0.1, -0.05) is 24.3 Å². The van der Waals surface area contributed by atoms with Crippen LogP contribution in [0.4, 0.5) is 4.39 Å². The lowest BCUT2D eigenvalue weighted by molar-refractivity contribution is 0.179. The summed E-state index contributed by atoms with van der Waals surface area (Å²) in [7, 11) is -2.10. The van der Waals surface area contributed by atoms with E-state index in [2.05, 4.69) is 20.3 Å². The predicted molar refractivity (Wildman–Crippen MR) is 116 cm³/mol. The molecule has 0 bridgehead atoms. The number of benzene rings is 2. The number of halogens is 1. The van der Waals surface area contributed by atoms with E-state index in [4.69, 9.17) is 4.74 Å². The monoisotopic (exact) mass is 436 g/mol. The van der Waals surface area contributed by atoms with E-state index < -0.39 is 15.8 Å². The van der Waals surface area contributed by atoms with Crippen LogP contribution in [0.1, 0.15) is 25.0 Å². The second kappa shape index (κ2) is 11.6. The van der Waals surface area contributed by atoms with E-state index in [0.29, 0.717) is 31.2 Å². The summed E-state index contributed by atoms with van der Waals surface area (Å²) in [6.07, 6.45) is 0. The molecule has 0 aromatic heterocycles. The van der Waals surface area contributed by atoms with Crippen LogP contribution >= 0.6 is 0 Å². The summed E-state index contributed by atoms with van der Waals surface area (Å²) < 4.78 is 46.1. The number of nitrogens with zero attached hydrogens (tertiary/aromatic N) is 1. The third kappa shape index (κ3) is 7.74. The van der Waals surface area contributed by atoms with Crippen LogP contribution in [-0.4, -0.2) is 40.7 Å². The summed E-state index contributed by atoms with van der Waals surface area (Å²) >= 11 is 0. The highest BCUT2D eigenvalue weighted by Gasteiger charge is 2.14. The van der Waals surface area contributed by atoms with E-state index in [1.54, 1.807) is 31.4 Å². The minimum absolute atomic E-state index is 0.00828. The van der Waals surface area contributed by atoms with Crippen molar-refractivity contribution in [2.24, 2.45) is 4.99 Å². The van der Waals surface area contributed by atoms with E-state index in [0.717, 1.165) is 5.56 Å². The van der Waals surface area contributed by atoms with E-state index in [1.165, 1.54) is 18.2 Å². The van der Waals surface area contributed by atoms with Crippen molar-refractivity contribution in [1.29, 1.82) is 0 Å². The zero-order chi connectivity index (χ0) is 22.0. The summed E-state index contributed by atoms with van der Waals surface area (Å²) in [6, 6.07) is 12.5. The summed E-state index contributed by atoms with van der Waals surface area (Å²) in [4.78, 5) is 4.65. The molecule has 1 atom stereocenters. The molecule has 0 saturated heterocycles. The number of hydrogen-bond donors (Lipinski definition) is 3. The second-order valence-electron chi connectivity index (χ2n) is 6.80. The average molecular weight is 437 g/mol. The fraction of sp³-hybridized carbons (Fsp3) is 0.381. The quantitative estimate of drug-likeness (QED) is 0.393. The number of hydrogen-bond acceptors (Lipinski definition) is 4. The first-order chi connectivity index (χ1) is 14.3. The Morgan fingerprint density at radius 3 is 2.60 bits per heavy atom. The van der Waals surface area contributed by atoms with Crippen LogP contribution in [0.5, 0.6) is 0 Å². The standard InChI is InChI=1S/C21H29FN4O3S/c1-4-23-21(26-16(2)15-29-3)24-13-18-8-6-10-20(12-18)30(27,28)25-14-17-7-5-9-19(22)11-17/h5-12,16,25H,4,13-15H2,1-3H3,(H2,23,24,26). The highest BCUT2D eigenvalue weighted by atomic mass is 32.2. The zero-order valence-electron chi connectivity index (χ0n) is 17.5. The number of guanidine groups is 1. The lowest BCUT2D eigenvalue weighted by Gasteiger charge is -2.17. The fourth-order valence-electron chi connectivity index (χ4n) is 2.74. The fourth-order valence-corrected chi connectivity index (χ4v) is 3.82. The molecule has 0 aliphatic rings. The topological polar surface area (TPSA) is 91.8 Å². The van der Waals surface area contributed by atoms with Crippen LogP contribution in [0.25, 0.3) is 0 Å². The van der Waals surface area contributed by atoms with Gasteiger partial charge in [-0.15, -0.1) is 0 Å². The Balaban J connectivity index is 2.08. The Bertz CT molecular complexity index is 951. The average Bonchev–Trinajstić information content (AvgIpc) is 2.71. The second-order valence-corrected chi connectivity index (χ2v) is 8.56. The molecule has 30 heavy (non-hydrogen) atoms. The molecule has 2 aromatic carbocycles. The number of aliphatic imine (C=N–C) groups is 1. The van der Waals surface area contributed by atoms with Gasteiger partial charge >= 0.3 is 0 Å². The van der Waals surface area contributed by atoms with Crippen molar-refractivity contribution < 1.29 is 17.5 Å². The Kier molecular flexibility index (Phi) is 9.22.